The Balaban J connectivity index is 1.52. The van der Waals surface area contributed by atoms with Crippen molar-refractivity contribution >= 4 is 28.3 Å². The smallest absolute Gasteiger partial charge is 0.231 e. The molecule has 1 saturated heterocycles. The number of amides is 2. The number of rotatable bonds is 5. The predicted molar refractivity (Wildman–Crippen MR) is 83.3 cm³/mol. The van der Waals surface area contributed by atoms with Crippen molar-refractivity contribution in [1.29, 1.82) is 0 Å². The van der Waals surface area contributed by atoms with Crippen LogP contribution in [0.4, 0.5) is 9.52 Å². The zero-order chi connectivity index (χ0) is 16.2. The van der Waals surface area contributed by atoms with Crippen LogP contribution in [0.15, 0.2) is 29.8 Å². The number of hydrogen-bond donors (Lipinski definition) is 1. The molecule has 0 bridgehead atoms. The van der Waals surface area contributed by atoms with E-state index in [4.69, 9.17) is 0 Å². The number of likely N-dealkylation sites (tertiary alicyclic amines) is 1. The molecule has 0 aliphatic carbocycles. The van der Waals surface area contributed by atoms with Gasteiger partial charge in [0.15, 0.2) is 0 Å². The Morgan fingerprint density at radius 1 is 1.39 bits per heavy atom. The summed E-state index contributed by atoms with van der Waals surface area (Å²) >= 11 is 1.24. The SMILES string of the molecule is O=C(Nc1nncs1)[C@H]1CC(=O)N(CCc2ccc(F)cc2)C1. The van der Waals surface area contributed by atoms with Crippen LogP contribution in [0, 0.1) is 11.7 Å². The van der Waals surface area contributed by atoms with E-state index in [9.17, 15) is 14.0 Å². The fraction of sp³-hybridized carbons (Fsp3) is 0.333. The molecule has 0 spiro atoms. The summed E-state index contributed by atoms with van der Waals surface area (Å²) in [6.07, 6.45) is 0.838. The molecular weight excluding hydrogens is 319 g/mol. The molecule has 2 aromatic rings. The molecule has 1 N–H and O–H groups in total. The van der Waals surface area contributed by atoms with Gasteiger partial charge in [0, 0.05) is 19.5 Å². The van der Waals surface area contributed by atoms with Gasteiger partial charge >= 0.3 is 0 Å². The first-order chi connectivity index (χ1) is 11.1. The van der Waals surface area contributed by atoms with E-state index in [1.807, 2.05) is 0 Å². The maximum absolute atomic E-state index is 12.9. The highest BCUT2D eigenvalue weighted by Gasteiger charge is 2.34. The van der Waals surface area contributed by atoms with Crippen LogP contribution < -0.4 is 5.32 Å². The van der Waals surface area contributed by atoms with Gasteiger partial charge < -0.3 is 10.2 Å². The van der Waals surface area contributed by atoms with Gasteiger partial charge in [-0.1, -0.05) is 23.5 Å². The summed E-state index contributed by atoms with van der Waals surface area (Å²) in [7, 11) is 0. The van der Waals surface area contributed by atoms with Crippen molar-refractivity contribution in [1.82, 2.24) is 15.1 Å². The van der Waals surface area contributed by atoms with Crippen molar-refractivity contribution in [2.45, 2.75) is 12.8 Å². The van der Waals surface area contributed by atoms with Crippen LogP contribution in [0.5, 0.6) is 0 Å². The zero-order valence-corrected chi connectivity index (χ0v) is 13.1. The minimum Gasteiger partial charge on any atom is -0.342 e. The van der Waals surface area contributed by atoms with Gasteiger partial charge in [0.2, 0.25) is 16.9 Å². The zero-order valence-electron chi connectivity index (χ0n) is 12.2. The number of hydrogen-bond acceptors (Lipinski definition) is 5. The molecule has 6 nitrogen and oxygen atoms in total. The average Bonchev–Trinajstić information content (AvgIpc) is 3.16. The lowest BCUT2D eigenvalue weighted by molar-refractivity contribution is -0.128. The van der Waals surface area contributed by atoms with Gasteiger partial charge in [-0.25, -0.2) is 4.39 Å². The number of aromatic nitrogens is 2. The number of carbonyl (C=O) groups excluding carboxylic acids is 2. The summed E-state index contributed by atoms with van der Waals surface area (Å²) in [6.45, 7) is 0.914. The lowest BCUT2D eigenvalue weighted by atomic mass is 10.1. The maximum Gasteiger partial charge on any atom is 0.231 e. The second kappa shape index (κ2) is 6.82. The molecule has 23 heavy (non-hydrogen) atoms. The van der Waals surface area contributed by atoms with Gasteiger partial charge in [0.25, 0.3) is 0 Å². The van der Waals surface area contributed by atoms with Gasteiger partial charge in [0.05, 0.1) is 5.92 Å². The summed E-state index contributed by atoms with van der Waals surface area (Å²) < 4.78 is 12.9. The summed E-state index contributed by atoms with van der Waals surface area (Å²) in [5.41, 5.74) is 2.49. The van der Waals surface area contributed by atoms with Crippen molar-refractivity contribution in [3.05, 3.63) is 41.2 Å². The molecule has 1 aliphatic heterocycles. The lowest BCUT2D eigenvalue weighted by Gasteiger charge is -2.16. The fourth-order valence-corrected chi connectivity index (χ4v) is 2.96. The number of benzene rings is 1. The van der Waals surface area contributed by atoms with Gasteiger partial charge in [-0.2, -0.15) is 0 Å². The van der Waals surface area contributed by atoms with Crippen LogP contribution in [0.25, 0.3) is 0 Å². The first-order valence-corrected chi connectivity index (χ1v) is 8.09. The van der Waals surface area contributed by atoms with Crippen molar-refractivity contribution in [3.63, 3.8) is 0 Å². The number of halogens is 1. The number of carbonyl (C=O) groups is 2. The first-order valence-electron chi connectivity index (χ1n) is 7.21. The van der Waals surface area contributed by atoms with Crippen LogP contribution in [0.2, 0.25) is 0 Å². The van der Waals surface area contributed by atoms with Crippen LogP contribution in [0.1, 0.15) is 12.0 Å². The predicted octanol–water partition coefficient (Wildman–Crippen LogP) is 1.71. The Kier molecular flexibility index (Phi) is 4.61. The minimum atomic E-state index is -0.375. The van der Waals surface area contributed by atoms with E-state index < -0.39 is 0 Å². The molecule has 1 aliphatic rings. The van der Waals surface area contributed by atoms with Gasteiger partial charge in [-0.15, -0.1) is 10.2 Å². The van der Waals surface area contributed by atoms with Crippen molar-refractivity contribution in [2.75, 3.05) is 18.4 Å². The third-order valence-electron chi connectivity index (χ3n) is 3.76. The van der Waals surface area contributed by atoms with Gasteiger partial charge in [-0.05, 0) is 24.1 Å². The highest BCUT2D eigenvalue weighted by molar-refractivity contribution is 7.13. The van der Waals surface area contributed by atoms with E-state index >= 15 is 0 Å². The molecule has 2 amide bonds. The second-order valence-corrected chi connectivity index (χ2v) is 6.18. The standard InChI is InChI=1S/C15H15FN4O2S/c16-12-3-1-10(2-4-12)5-6-20-8-11(7-13(20)21)14(22)18-15-19-17-9-23-15/h1-4,9,11H,5-8H2,(H,18,19,22)/t11-/m0/s1. The van der Waals surface area contributed by atoms with Gasteiger partial charge in [0.1, 0.15) is 11.3 Å². The van der Waals surface area contributed by atoms with Crippen LogP contribution >= 0.6 is 11.3 Å². The Morgan fingerprint density at radius 3 is 2.87 bits per heavy atom. The quantitative estimate of drug-likeness (QED) is 0.903. The van der Waals surface area contributed by atoms with Crippen molar-refractivity contribution in [2.24, 2.45) is 5.92 Å². The summed E-state index contributed by atoms with van der Waals surface area (Å²) in [5.74, 6) is -0.900. The van der Waals surface area contributed by atoms with Crippen LogP contribution in [-0.2, 0) is 16.0 Å². The third kappa shape index (κ3) is 3.89. The molecular formula is C15H15FN4O2S. The Hall–Kier alpha value is -2.35. The van der Waals surface area contributed by atoms with Crippen LogP contribution in [0.3, 0.4) is 0 Å². The fourth-order valence-electron chi connectivity index (χ4n) is 2.51. The van der Waals surface area contributed by atoms with E-state index in [1.54, 1.807) is 17.0 Å². The Bertz CT molecular complexity index is 690. The molecule has 1 aromatic carbocycles. The van der Waals surface area contributed by atoms with E-state index in [2.05, 4.69) is 15.5 Å². The largest absolute Gasteiger partial charge is 0.342 e. The van der Waals surface area contributed by atoms with Crippen molar-refractivity contribution in [3.8, 4) is 0 Å². The summed E-state index contributed by atoms with van der Waals surface area (Å²) in [6, 6.07) is 6.21. The topological polar surface area (TPSA) is 75.2 Å². The molecule has 0 radical (unpaired) electrons. The summed E-state index contributed by atoms with van der Waals surface area (Å²) in [4.78, 5) is 25.8. The minimum absolute atomic E-state index is 0.0375. The molecule has 0 unspecified atom stereocenters. The highest BCUT2D eigenvalue weighted by atomic mass is 32.1. The molecule has 1 fully saturated rings. The number of nitrogens with zero attached hydrogens (tertiary/aromatic N) is 3. The van der Waals surface area contributed by atoms with Crippen molar-refractivity contribution < 1.29 is 14.0 Å². The Labute approximate surface area is 136 Å². The van der Waals surface area contributed by atoms with E-state index in [0.29, 0.717) is 24.6 Å². The monoisotopic (exact) mass is 334 g/mol. The highest BCUT2D eigenvalue weighted by Crippen LogP contribution is 2.20. The molecule has 120 valence electrons. The maximum atomic E-state index is 12.9. The number of anilines is 1. The van der Waals surface area contributed by atoms with E-state index in [-0.39, 0.29) is 30.0 Å². The Morgan fingerprint density at radius 2 is 2.17 bits per heavy atom. The molecule has 0 saturated carbocycles. The molecule has 1 aromatic heterocycles. The molecule has 3 rings (SSSR count). The molecule has 8 heteroatoms. The molecule has 2 heterocycles. The third-order valence-corrected chi connectivity index (χ3v) is 4.37. The summed E-state index contributed by atoms with van der Waals surface area (Å²) in [5, 5.41) is 10.5. The first kappa shape index (κ1) is 15.5. The van der Waals surface area contributed by atoms with E-state index in [1.165, 1.54) is 29.0 Å². The van der Waals surface area contributed by atoms with Gasteiger partial charge in [-0.3, -0.25) is 9.59 Å². The van der Waals surface area contributed by atoms with E-state index in [0.717, 1.165) is 5.56 Å². The lowest BCUT2D eigenvalue weighted by Crippen LogP contribution is -2.30. The average molecular weight is 334 g/mol. The number of nitrogens with one attached hydrogen (secondary N) is 1. The normalized spacial score (nSPS) is 17.5. The van der Waals surface area contributed by atoms with Crippen LogP contribution in [-0.4, -0.2) is 40.0 Å². The second-order valence-electron chi connectivity index (χ2n) is 5.35. The molecule has 1 atom stereocenters.